The third-order valence-corrected chi connectivity index (χ3v) is 2.53. The van der Waals surface area contributed by atoms with Gasteiger partial charge in [0.25, 0.3) is 0 Å². The summed E-state index contributed by atoms with van der Waals surface area (Å²) in [5.74, 6) is 0. The number of aliphatic hydroxyl groups is 1. The van der Waals surface area contributed by atoms with Crippen molar-refractivity contribution in [3.05, 3.63) is 12.2 Å². The van der Waals surface area contributed by atoms with E-state index in [1.54, 1.807) is 0 Å². The summed E-state index contributed by atoms with van der Waals surface area (Å²) in [6.07, 6.45) is 1.87. The van der Waals surface area contributed by atoms with Gasteiger partial charge >= 0.3 is 0 Å². The monoisotopic (exact) mass is 155 g/mol. The quantitative estimate of drug-likeness (QED) is 0.555. The molecule has 2 heteroatoms. The molecule has 0 aliphatic carbocycles. The van der Waals surface area contributed by atoms with Gasteiger partial charge in [0.05, 0.1) is 5.60 Å². The summed E-state index contributed by atoms with van der Waals surface area (Å²) in [7, 11) is 0. The van der Waals surface area contributed by atoms with Crippen LogP contribution in [0.25, 0.3) is 0 Å². The van der Waals surface area contributed by atoms with E-state index >= 15 is 0 Å². The molecule has 0 amide bonds. The Balaban J connectivity index is 2.55. The van der Waals surface area contributed by atoms with E-state index in [0.29, 0.717) is 12.6 Å². The lowest BCUT2D eigenvalue weighted by molar-refractivity contribution is 0.0430. The average Bonchev–Trinajstić information content (AvgIpc) is 1.95. The van der Waals surface area contributed by atoms with E-state index in [0.717, 1.165) is 18.4 Å². The molecule has 2 nitrogen and oxygen atoms in total. The molecule has 11 heavy (non-hydrogen) atoms. The topological polar surface area (TPSA) is 32.3 Å². The number of β-amino-alcohol motifs (C(OH)–C–C–N with tert-alkyl or cyclic N) is 1. The van der Waals surface area contributed by atoms with Crippen LogP contribution in [0.4, 0.5) is 0 Å². The Labute approximate surface area is 68.3 Å². The Bertz CT molecular complexity index is 157. The molecule has 1 heterocycles. The smallest absolute Gasteiger partial charge is 0.0975 e. The van der Waals surface area contributed by atoms with Crippen LogP contribution in [-0.4, -0.2) is 23.3 Å². The second-order valence-corrected chi connectivity index (χ2v) is 3.63. The number of nitrogens with one attached hydrogen (secondary N) is 1. The molecule has 2 N–H and O–H groups in total. The first kappa shape index (κ1) is 8.75. The molecule has 0 radical (unpaired) electrons. The van der Waals surface area contributed by atoms with Crippen molar-refractivity contribution in [1.82, 2.24) is 5.32 Å². The van der Waals surface area contributed by atoms with Crippen LogP contribution >= 0.6 is 0 Å². The van der Waals surface area contributed by atoms with Gasteiger partial charge in [0.2, 0.25) is 0 Å². The highest BCUT2D eigenvalue weighted by atomic mass is 16.3. The van der Waals surface area contributed by atoms with Crippen LogP contribution < -0.4 is 5.32 Å². The molecule has 0 spiro atoms. The Morgan fingerprint density at radius 3 is 2.73 bits per heavy atom. The van der Waals surface area contributed by atoms with Crippen molar-refractivity contribution in [2.24, 2.45) is 0 Å². The second-order valence-electron chi connectivity index (χ2n) is 3.63. The SMILES string of the molecule is C=C(C)C1(O)CCC(C)NC1. The van der Waals surface area contributed by atoms with Gasteiger partial charge in [-0.05, 0) is 32.3 Å². The minimum atomic E-state index is -0.646. The van der Waals surface area contributed by atoms with Gasteiger partial charge in [-0.1, -0.05) is 6.58 Å². The molecule has 0 aromatic heterocycles. The number of hydrogen-bond donors (Lipinski definition) is 2. The van der Waals surface area contributed by atoms with Crippen molar-refractivity contribution in [3.8, 4) is 0 Å². The molecule has 0 aromatic rings. The van der Waals surface area contributed by atoms with Crippen LogP contribution in [0.5, 0.6) is 0 Å². The first-order valence-corrected chi connectivity index (χ1v) is 4.16. The van der Waals surface area contributed by atoms with Crippen LogP contribution in [0, 0.1) is 0 Å². The van der Waals surface area contributed by atoms with Gasteiger partial charge < -0.3 is 10.4 Å². The predicted molar refractivity (Wildman–Crippen MR) is 46.5 cm³/mol. The maximum absolute atomic E-state index is 9.90. The Kier molecular flexibility index (Phi) is 2.35. The van der Waals surface area contributed by atoms with Crippen LogP contribution in [0.1, 0.15) is 26.7 Å². The summed E-state index contributed by atoms with van der Waals surface area (Å²) < 4.78 is 0. The molecule has 1 aliphatic rings. The highest BCUT2D eigenvalue weighted by Crippen LogP contribution is 2.24. The van der Waals surface area contributed by atoms with Gasteiger partial charge in [0.1, 0.15) is 0 Å². The summed E-state index contributed by atoms with van der Waals surface area (Å²) in [5.41, 5.74) is 0.226. The van der Waals surface area contributed by atoms with Crippen molar-refractivity contribution < 1.29 is 5.11 Å². The molecule has 0 aromatic carbocycles. The van der Waals surface area contributed by atoms with Crippen molar-refractivity contribution in [2.45, 2.75) is 38.3 Å². The fourth-order valence-electron chi connectivity index (χ4n) is 1.35. The normalized spacial score (nSPS) is 38.6. The van der Waals surface area contributed by atoms with Crippen molar-refractivity contribution >= 4 is 0 Å². The number of piperidine rings is 1. The van der Waals surface area contributed by atoms with Crippen LogP contribution in [0.2, 0.25) is 0 Å². The summed E-state index contributed by atoms with van der Waals surface area (Å²) in [6.45, 7) is 8.47. The van der Waals surface area contributed by atoms with Crippen LogP contribution in [0.15, 0.2) is 12.2 Å². The van der Waals surface area contributed by atoms with E-state index in [2.05, 4.69) is 18.8 Å². The Hall–Kier alpha value is -0.340. The molecular weight excluding hydrogens is 138 g/mol. The summed E-state index contributed by atoms with van der Waals surface area (Å²) in [5, 5.41) is 13.1. The Morgan fingerprint density at radius 2 is 2.36 bits per heavy atom. The lowest BCUT2D eigenvalue weighted by atomic mass is 9.86. The summed E-state index contributed by atoms with van der Waals surface area (Å²) in [4.78, 5) is 0. The zero-order chi connectivity index (χ0) is 8.48. The first-order valence-electron chi connectivity index (χ1n) is 4.16. The molecule has 2 atom stereocenters. The van der Waals surface area contributed by atoms with Crippen molar-refractivity contribution in [3.63, 3.8) is 0 Å². The standard InChI is InChI=1S/C9H17NO/c1-7(2)9(11)5-4-8(3)10-6-9/h8,10-11H,1,4-6H2,2-3H3. The second kappa shape index (κ2) is 2.95. The van der Waals surface area contributed by atoms with Gasteiger partial charge in [-0.15, -0.1) is 0 Å². The van der Waals surface area contributed by atoms with E-state index < -0.39 is 5.60 Å². The summed E-state index contributed by atoms with van der Waals surface area (Å²) >= 11 is 0. The van der Waals surface area contributed by atoms with E-state index in [1.807, 2.05) is 6.92 Å². The van der Waals surface area contributed by atoms with Gasteiger partial charge in [-0.2, -0.15) is 0 Å². The molecule has 64 valence electrons. The Morgan fingerprint density at radius 1 is 1.73 bits per heavy atom. The van der Waals surface area contributed by atoms with Gasteiger partial charge in [0.15, 0.2) is 0 Å². The third-order valence-electron chi connectivity index (χ3n) is 2.53. The molecule has 2 unspecified atom stereocenters. The van der Waals surface area contributed by atoms with E-state index in [4.69, 9.17) is 0 Å². The third kappa shape index (κ3) is 1.82. The molecule has 1 aliphatic heterocycles. The molecular formula is C9H17NO. The molecule has 0 bridgehead atoms. The first-order chi connectivity index (χ1) is 5.04. The van der Waals surface area contributed by atoms with Gasteiger partial charge in [-0.3, -0.25) is 0 Å². The maximum atomic E-state index is 9.90. The largest absolute Gasteiger partial charge is 0.384 e. The molecule has 1 fully saturated rings. The highest BCUT2D eigenvalue weighted by Gasteiger charge is 2.31. The zero-order valence-corrected chi connectivity index (χ0v) is 7.35. The molecule has 1 saturated heterocycles. The fourth-order valence-corrected chi connectivity index (χ4v) is 1.35. The lowest BCUT2D eigenvalue weighted by Gasteiger charge is -2.36. The minimum Gasteiger partial charge on any atom is -0.384 e. The van der Waals surface area contributed by atoms with Crippen molar-refractivity contribution in [2.75, 3.05) is 6.54 Å². The van der Waals surface area contributed by atoms with E-state index in [1.165, 1.54) is 0 Å². The predicted octanol–water partition coefficient (Wildman–Crippen LogP) is 1.07. The van der Waals surface area contributed by atoms with Crippen LogP contribution in [-0.2, 0) is 0 Å². The minimum absolute atomic E-state index is 0.537. The van der Waals surface area contributed by atoms with E-state index in [9.17, 15) is 5.11 Å². The van der Waals surface area contributed by atoms with Gasteiger partial charge in [-0.25, -0.2) is 0 Å². The highest BCUT2D eigenvalue weighted by molar-refractivity contribution is 5.12. The maximum Gasteiger partial charge on any atom is 0.0975 e. The fraction of sp³-hybridized carbons (Fsp3) is 0.778. The lowest BCUT2D eigenvalue weighted by Crippen LogP contribution is -2.49. The van der Waals surface area contributed by atoms with Gasteiger partial charge in [0, 0.05) is 12.6 Å². The molecule has 1 rings (SSSR count). The van der Waals surface area contributed by atoms with Crippen LogP contribution in [0.3, 0.4) is 0 Å². The van der Waals surface area contributed by atoms with Crippen molar-refractivity contribution in [1.29, 1.82) is 0 Å². The number of hydrogen-bond acceptors (Lipinski definition) is 2. The number of rotatable bonds is 1. The summed E-state index contributed by atoms with van der Waals surface area (Å²) in [6, 6.07) is 0.537. The van der Waals surface area contributed by atoms with E-state index in [-0.39, 0.29) is 0 Å². The molecule has 0 saturated carbocycles. The zero-order valence-electron chi connectivity index (χ0n) is 7.35. The average molecular weight is 155 g/mol.